The Balaban J connectivity index is 1.57. The van der Waals surface area contributed by atoms with Gasteiger partial charge in [-0.1, -0.05) is 61.5 Å². The molecule has 1 heterocycles. The Hall–Kier alpha value is -3.52. The zero-order chi connectivity index (χ0) is 25.0. The molecule has 35 heavy (non-hydrogen) atoms. The van der Waals surface area contributed by atoms with E-state index in [1.54, 1.807) is 55.6 Å². The number of methoxy groups -OCH3 is 1. The minimum Gasteiger partial charge on any atom is -0.496 e. The Labute approximate surface area is 206 Å². The predicted octanol–water partition coefficient (Wildman–Crippen LogP) is 4.37. The van der Waals surface area contributed by atoms with E-state index in [0.29, 0.717) is 23.4 Å². The van der Waals surface area contributed by atoms with E-state index in [0.717, 1.165) is 16.9 Å². The van der Waals surface area contributed by atoms with Crippen LogP contribution in [0.5, 0.6) is 11.5 Å². The summed E-state index contributed by atoms with van der Waals surface area (Å²) in [4.78, 5) is 13.3. The average Bonchev–Trinajstić information content (AvgIpc) is 2.86. The molecule has 1 aliphatic heterocycles. The lowest BCUT2D eigenvalue weighted by Gasteiger charge is -2.35. The summed E-state index contributed by atoms with van der Waals surface area (Å²) in [7, 11) is -2.13. The van der Waals surface area contributed by atoms with Gasteiger partial charge in [0.2, 0.25) is 10.0 Å². The van der Waals surface area contributed by atoms with Crippen LogP contribution in [0.4, 0.5) is 5.69 Å². The van der Waals surface area contributed by atoms with Crippen molar-refractivity contribution >= 4 is 21.6 Å². The third-order valence-electron chi connectivity index (χ3n) is 6.10. The predicted molar refractivity (Wildman–Crippen MR) is 136 cm³/mol. The zero-order valence-corrected chi connectivity index (χ0v) is 20.9. The second-order valence-corrected chi connectivity index (χ2v) is 10.4. The molecule has 1 amide bonds. The summed E-state index contributed by atoms with van der Waals surface area (Å²) in [5, 5.41) is 3.04. The quantitative estimate of drug-likeness (QED) is 0.503. The van der Waals surface area contributed by atoms with Crippen molar-refractivity contribution in [2.45, 2.75) is 38.2 Å². The van der Waals surface area contributed by atoms with Gasteiger partial charge in [-0.05, 0) is 48.2 Å². The van der Waals surface area contributed by atoms with Crippen molar-refractivity contribution in [1.82, 2.24) is 5.32 Å². The topological polar surface area (TPSA) is 84.9 Å². The zero-order valence-electron chi connectivity index (χ0n) is 20.1. The molecule has 7 nitrogen and oxygen atoms in total. The van der Waals surface area contributed by atoms with Crippen LogP contribution in [0, 0.1) is 6.92 Å². The molecule has 1 aliphatic rings. The van der Waals surface area contributed by atoms with E-state index in [9.17, 15) is 13.2 Å². The molecule has 4 rings (SSSR count). The van der Waals surface area contributed by atoms with Gasteiger partial charge >= 0.3 is 0 Å². The second kappa shape index (κ2) is 10.4. The molecule has 2 atom stereocenters. The number of hydrogen-bond acceptors (Lipinski definition) is 5. The fraction of sp³-hybridized carbons (Fsp3) is 0.296. The molecule has 8 heteroatoms. The summed E-state index contributed by atoms with van der Waals surface area (Å²) in [6, 6.07) is 21.4. The maximum absolute atomic E-state index is 13.4. The number of carbonyl (C=O) groups excluding carboxylic acids is 1. The van der Waals surface area contributed by atoms with E-state index in [2.05, 4.69) is 5.32 Å². The van der Waals surface area contributed by atoms with Gasteiger partial charge < -0.3 is 14.8 Å². The van der Waals surface area contributed by atoms with Crippen LogP contribution in [0.15, 0.2) is 72.8 Å². The van der Waals surface area contributed by atoms with E-state index in [-0.39, 0.29) is 24.2 Å². The number of fused-ring (bicyclic) bond motifs is 1. The van der Waals surface area contributed by atoms with Crippen molar-refractivity contribution in [3.05, 3.63) is 89.5 Å². The first-order valence-electron chi connectivity index (χ1n) is 11.6. The van der Waals surface area contributed by atoms with Crippen molar-refractivity contribution < 1.29 is 22.7 Å². The first-order chi connectivity index (χ1) is 16.8. The van der Waals surface area contributed by atoms with Crippen LogP contribution < -0.4 is 19.1 Å². The molecule has 0 spiro atoms. The molecule has 0 aliphatic carbocycles. The van der Waals surface area contributed by atoms with Crippen molar-refractivity contribution in [1.29, 1.82) is 0 Å². The number of carbonyl (C=O) groups is 1. The van der Waals surface area contributed by atoms with Crippen molar-refractivity contribution in [2.24, 2.45) is 0 Å². The number of aryl methyl sites for hydroxylation is 1. The Morgan fingerprint density at radius 3 is 2.51 bits per heavy atom. The highest BCUT2D eigenvalue weighted by atomic mass is 32.2. The first kappa shape index (κ1) is 24.6. The summed E-state index contributed by atoms with van der Waals surface area (Å²) in [6.45, 7) is 3.84. The Morgan fingerprint density at radius 1 is 1.11 bits per heavy atom. The molecule has 0 saturated carbocycles. The van der Waals surface area contributed by atoms with Gasteiger partial charge in [-0.3, -0.25) is 9.10 Å². The normalized spacial score (nSPS) is 16.1. The molecule has 3 aromatic carbocycles. The van der Waals surface area contributed by atoms with E-state index < -0.39 is 16.1 Å². The Kier molecular flexibility index (Phi) is 7.31. The highest BCUT2D eigenvalue weighted by molar-refractivity contribution is 7.92. The second-order valence-electron chi connectivity index (χ2n) is 8.55. The SMILES string of the molecule is CCC(NC(=O)C1CN(S(=O)(=O)Cc2ccccc2)c2ccccc2O1)c1ccc(OC)c(C)c1. The van der Waals surface area contributed by atoms with Crippen LogP contribution in [0.3, 0.4) is 0 Å². The molecule has 184 valence electrons. The van der Waals surface area contributed by atoms with Crippen LogP contribution >= 0.6 is 0 Å². The van der Waals surface area contributed by atoms with E-state index in [1.165, 1.54) is 4.31 Å². The lowest BCUT2D eigenvalue weighted by Crippen LogP contribution is -2.51. The fourth-order valence-corrected chi connectivity index (χ4v) is 5.85. The Bertz CT molecular complexity index is 1290. The molecule has 0 radical (unpaired) electrons. The molecular weight excluding hydrogens is 464 g/mol. The number of benzene rings is 3. The van der Waals surface area contributed by atoms with Gasteiger partial charge in [0, 0.05) is 0 Å². The molecular formula is C27H30N2O5S. The molecule has 0 saturated heterocycles. The smallest absolute Gasteiger partial charge is 0.263 e. The number of anilines is 1. The summed E-state index contributed by atoms with van der Waals surface area (Å²) in [6.07, 6.45) is -0.319. The van der Waals surface area contributed by atoms with Crippen LogP contribution in [-0.4, -0.2) is 34.1 Å². The molecule has 1 N–H and O–H groups in total. The summed E-state index contributed by atoms with van der Waals surface area (Å²) < 4.78 is 39.4. The van der Waals surface area contributed by atoms with Gasteiger partial charge in [0.1, 0.15) is 11.5 Å². The van der Waals surface area contributed by atoms with Gasteiger partial charge in [-0.25, -0.2) is 8.42 Å². The number of nitrogens with zero attached hydrogens (tertiary/aromatic N) is 1. The molecule has 0 aromatic heterocycles. The molecule has 2 unspecified atom stereocenters. The largest absolute Gasteiger partial charge is 0.496 e. The standard InChI is InChI=1S/C27H30N2O5S/c1-4-22(21-14-15-24(33-3)19(2)16-21)28-27(30)26-17-29(23-12-8-9-13-25(23)34-26)35(31,32)18-20-10-6-5-7-11-20/h5-16,22,26H,4,17-18H2,1-3H3,(H,28,30). The van der Waals surface area contributed by atoms with Crippen LogP contribution in [0.2, 0.25) is 0 Å². The summed E-state index contributed by atoms with van der Waals surface area (Å²) in [5.41, 5.74) is 3.03. The minimum absolute atomic E-state index is 0.101. The third kappa shape index (κ3) is 5.43. The monoisotopic (exact) mass is 494 g/mol. The van der Waals surface area contributed by atoms with Gasteiger partial charge in [0.25, 0.3) is 5.91 Å². The molecule has 0 fully saturated rings. The number of amides is 1. The molecule has 3 aromatic rings. The first-order valence-corrected chi connectivity index (χ1v) is 13.2. The summed E-state index contributed by atoms with van der Waals surface area (Å²) >= 11 is 0. The third-order valence-corrected chi connectivity index (χ3v) is 7.82. The Morgan fingerprint density at radius 2 is 1.83 bits per heavy atom. The lowest BCUT2D eigenvalue weighted by atomic mass is 10.0. The van der Waals surface area contributed by atoms with Gasteiger partial charge in [0.05, 0.1) is 31.1 Å². The number of sulfonamides is 1. The van der Waals surface area contributed by atoms with E-state index in [4.69, 9.17) is 9.47 Å². The summed E-state index contributed by atoms with van der Waals surface area (Å²) in [5.74, 6) is 0.615. The number of para-hydroxylation sites is 2. The maximum atomic E-state index is 13.4. The van der Waals surface area contributed by atoms with Gasteiger partial charge in [0.15, 0.2) is 6.10 Å². The van der Waals surface area contributed by atoms with E-state index >= 15 is 0 Å². The van der Waals surface area contributed by atoms with Crippen LogP contribution in [0.1, 0.15) is 36.1 Å². The number of rotatable bonds is 8. The number of hydrogen-bond donors (Lipinski definition) is 1. The minimum atomic E-state index is -3.76. The lowest BCUT2D eigenvalue weighted by molar-refractivity contribution is -0.128. The van der Waals surface area contributed by atoms with Gasteiger partial charge in [-0.2, -0.15) is 0 Å². The average molecular weight is 495 g/mol. The van der Waals surface area contributed by atoms with Gasteiger partial charge in [-0.15, -0.1) is 0 Å². The highest BCUT2D eigenvalue weighted by Gasteiger charge is 2.37. The van der Waals surface area contributed by atoms with Crippen molar-refractivity contribution in [2.75, 3.05) is 18.0 Å². The number of ether oxygens (including phenoxy) is 2. The number of nitrogens with one attached hydrogen (secondary N) is 1. The van der Waals surface area contributed by atoms with Crippen molar-refractivity contribution in [3.8, 4) is 11.5 Å². The molecule has 0 bridgehead atoms. The maximum Gasteiger partial charge on any atom is 0.263 e. The highest BCUT2D eigenvalue weighted by Crippen LogP contribution is 2.36. The fourth-order valence-electron chi connectivity index (χ4n) is 4.27. The van der Waals surface area contributed by atoms with E-state index in [1.807, 2.05) is 38.1 Å². The van der Waals surface area contributed by atoms with Crippen molar-refractivity contribution in [3.63, 3.8) is 0 Å². The van der Waals surface area contributed by atoms with Crippen LogP contribution in [0.25, 0.3) is 0 Å². The van der Waals surface area contributed by atoms with Crippen LogP contribution in [-0.2, 0) is 20.6 Å².